The molecule has 152 valence electrons. The number of fused-ring (bicyclic) bond motifs is 1. The number of likely N-dealkylation sites (N-methyl/N-ethyl adjacent to an activating group) is 1. The third-order valence-corrected chi connectivity index (χ3v) is 5.68. The second-order valence-electron chi connectivity index (χ2n) is 7.88. The van der Waals surface area contributed by atoms with Gasteiger partial charge in [-0.05, 0) is 60.6 Å². The van der Waals surface area contributed by atoms with Gasteiger partial charge in [-0.15, -0.1) is 0 Å². The molecule has 0 bridgehead atoms. The standard InChI is InChI=1S/C24H22FN3O2/c1-27-13-17(14-27)22-12-26-23-11-19(4-7-21(22)23)28-9-8-16(10-24(28)29)15-30-20-5-2-18(25)3-6-20/h2-12,17,26H,13-15H2,1H3. The minimum atomic E-state index is -0.309. The summed E-state index contributed by atoms with van der Waals surface area (Å²) < 4.78 is 20.2. The fraction of sp³-hybridized carbons (Fsp3) is 0.208. The molecule has 3 heterocycles. The number of hydrogen-bond acceptors (Lipinski definition) is 3. The van der Waals surface area contributed by atoms with Crippen LogP contribution in [-0.4, -0.2) is 34.6 Å². The van der Waals surface area contributed by atoms with Gasteiger partial charge >= 0.3 is 0 Å². The fourth-order valence-corrected chi connectivity index (χ4v) is 4.04. The lowest BCUT2D eigenvalue weighted by molar-refractivity contribution is 0.190. The van der Waals surface area contributed by atoms with Crippen LogP contribution in [0.15, 0.2) is 71.8 Å². The average molecular weight is 403 g/mol. The first-order valence-corrected chi connectivity index (χ1v) is 9.97. The van der Waals surface area contributed by atoms with Crippen molar-refractivity contribution in [1.29, 1.82) is 0 Å². The molecule has 0 atom stereocenters. The molecule has 0 radical (unpaired) electrons. The number of halogens is 1. The molecule has 1 fully saturated rings. The molecule has 5 nitrogen and oxygen atoms in total. The van der Waals surface area contributed by atoms with Crippen LogP contribution >= 0.6 is 0 Å². The summed E-state index contributed by atoms with van der Waals surface area (Å²) in [6.45, 7) is 2.40. The monoisotopic (exact) mass is 403 g/mol. The van der Waals surface area contributed by atoms with Gasteiger partial charge in [0.05, 0.1) is 5.69 Å². The summed E-state index contributed by atoms with van der Waals surface area (Å²) in [5, 5.41) is 1.22. The maximum atomic E-state index is 13.0. The number of benzene rings is 2. The predicted molar refractivity (Wildman–Crippen MR) is 115 cm³/mol. The summed E-state index contributed by atoms with van der Waals surface area (Å²) in [5.41, 5.74) is 3.83. The molecule has 0 amide bonds. The number of aromatic amines is 1. The van der Waals surface area contributed by atoms with Crippen molar-refractivity contribution in [2.75, 3.05) is 20.1 Å². The van der Waals surface area contributed by atoms with Crippen LogP contribution in [0.5, 0.6) is 5.75 Å². The smallest absolute Gasteiger partial charge is 0.255 e. The molecule has 2 aromatic heterocycles. The number of ether oxygens (including phenoxy) is 1. The Labute approximate surface area is 173 Å². The minimum Gasteiger partial charge on any atom is -0.489 e. The van der Waals surface area contributed by atoms with Gasteiger partial charge in [0.15, 0.2) is 0 Å². The molecule has 2 aromatic carbocycles. The van der Waals surface area contributed by atoms with Crippen molar-refractivity contribution in [2.24, 2.45) is 0 Å². The van der Waals surface area contributed by atoms with Crippen LogP contribution in [0, 0.1) is 5.82 Å². The summed E-state index contributed by atoms with van der Waals surface area (Å²) in [7, 11) is 2.13. The summed E-state index contributed by atoms with van der Waals surface area (Å²) in [6.07, 6.45) is 3.85. The zero-order valence-electron chi connectivity index (χ0n) is 16.6. The van der Waals surface area contributed by atoms with Crippen molar-refractivity contribution in [1.82, 2.24) is 14.5 Å². The molecule has 0 unspecified atom stereocenters. The van der Waals surface area contributed by atoms with Crippen molar-refractivity contribution < 1.29 is 9.13 Å². The molecule has 6 heteroatoms. The van der Waals surface area contributed by atoms with Crippen LogP contribution in [0.1, 0.15) is 17.0 Å². The molecule has 1 aliphatic heterocycles. The van der Waals surface area contributed by atoms with Crippen molar-refractivity contribution >= 4 is 10.9 Å². The zero-order chi connectivity index (χ0) is 20.7. The second-order valence-corrected chi connectivity index (χ2v) is 7.88. The summed E-state index contributed by atoms with van der Waals surface area (Å²) in [6, 6.07) is 15.3. The molecule has 0 aliphatic carbocycles. The molecule has 4 aromatic rings. The lowest BCUT2D eigenvalue weighted by Gasteiger charge is -2.36. The van der Waals surface area contributed by atoms with E-state index in [1.54, 1.807) is 29.0 Å². The first kappa shape index (κ1) is 18.6. The average Bonchev–Trinajstić information content (AvgIpc) is 3.14. The Balaban J connectivity index is 1.35. The van der Waals surface area contributed by atoms with Gasteiger partial charge in [0.1, 0.15) is 18.2 Å². The number of nitrogens with one attached hydrogen (secondary N) is 1. The van der Waals surface area contributed by atoms with E-state index in [1.165, 1.54) is 23.1 Å². The van der Waals surface area contributed by atoms with E-state index in [1.807, 2.05) is 18.2 Å². The molecule has 5 rings (SSSR count). The minimum absolute atomic E-state index is 0.123. The molecule has 1 saturated heterocycles. The number of likely N-dealkylation sites (tertiary alicyclic amines) is 1. The Morgan fingerprint density at radius 1 is 1.10 bits per heavy atom. The highest BCUT2D eigenvalue weighted by atomic mass is 19.1. The van der Waals surface area contributed by atoms with Gasteiger partial charge in [-0.25, -0.2) is 4.39 Å². The van der Waals surface area contributed by atoms with E-state index in [4.69, 9.17) is 4.74 Å². The van der Waals surface area contributed by atoms with Gasteiger partial charge in [-0.2, -0.15) is 0 Å². The van der Waals surface area contributed by atoms with Crippen molar-refractivity contribution in [3.63, 3.8) is 0 Å². The van der Waals surface area contributed by atoms with Crippen molar-refractivity contribution in [2.45, 2.75) is 12.5 Å². The second kappa shape index (κ2) is 7.46. The van der Waals surface area contributed by atoms with Gasteiger partial charge in [0.25, 0.3) is 5.56 Å². The van der Waals surface area contributed by atoms with Gasteiger partial charge < -0.3 is 14.6 Å². The van der Waals surface area contributed by atoms with Gasteiger partial charge in [0, 0.05) is 48.4 Å². The predicted octanol–water partition coefficient (Wildman–Crippen LogP) is 4.07. The maximum Gasteiger partial charge on any atom is 0.255 e. The summed E-state index contributed by atoms with van der Waals surface area (Å²) in [5.74, 6) is 0.820. The Morgan fingerprint density at radius 2 is 1.90 bits per heavy atom. The zero-order valence-corrected chi connectivity index (χ0v) is 16.6. The van der Waals surface area contributed by atoms with Crippen LogP contribution in [-0.2, 0) is 6.61 Å². The Hall–Kier alpha value is -3.38. The van der Waals surface area contributed by atoms with Gasteiger partial charge in [-0.3, -0.25) is 9.36 Å². The Morgan fingerprint density at radius 3 is 2.63 bits per heavy atom. The van der Waals surface area contributed by atoms with Gasteiger partial charge in [0.2, 0.25) is 0 Å². The van der Waals surface area contributed by atoms with Crippen LogP contribution in [0.25, 0.3) is 16.6 Å². The summed E-state index contributed by atoms with van der Waals surface area (Å²) in [4.78, 5) is 18.3. The molecule has 0 saturated carbocycles. The number of aromatic nitrogens is 2. The molecule has 0 spiro atoms. The Bertz CT molecular complexity index is 1250. The van der Waals surface area contributed by atoms with Crippen LogP contribution in [0.2, 0.25) is 0 Å². The normalized spacial score (nSPS) is 14.7. The van der Waals surface area contributed by atoms with E-state index >= 15 is 0 Å². The molecule has 1 N–H and O–H groups in total. The molecular weight excluding hydrogens is 381 g/mol. The summed E-state index contributed by atoms with van der Waals surface area (Å²) >= 11 is 0. The van der Waals surface area contributed by atoms with Crippen molar-refractivity contribution in [3.8, 4) is 11.4 Å². The van der Waals surface area contributed by atoms with E-state index in [2.05, 4.69) is 29.2 Å². The molecule has 30 heavy (non-hydrogen) atoms. The van der Waals surface area contributed by atoms with E-state index in [-0.39, 0.29) is 18.0 Å². The van der Waals surface area contributed by atoms with Crippen molar-refractivity contribution in [3.05, 3.63) is 94.3 Å². The third kappa shape index (κ3) is 3.50. The third-order valence-electron chi connectivity index (χ3n) is 5.68. The SMILES string of the molecule is CN1CC(c2c[nH]c3cc(-n4ccc(COc5ccc(F)cc5)cc4=O)ccc23)C1. The van der Waals surface area contributed by atoms with Crippen LogP contribution in [0.3, 0.4) is 0 Å². The first-order chi connectivity index (χ1) is 14.6. The fourth-order valence-electron chi connectivity index (χ4n) is 4.04. The van der Waals surface area contributed by atoms with Crippen LogP contribution in [0.4, 0.5) is 4.39 Å². The number of rotatable bonds is 5. The number of H-pyrrole nitrogens is 1. The topological polar surface area (TPSA) is 50.3 Å². The number of nitrogens with zero attached hydrogens (tertiary/aromatic N) is 2. The van der Waals surface area contributed by atoms with E-state index in [0.29, 0.717) is 11.7 Å². The highest BCUT2D eigenvalue weighted by molar-refractivity contribution is 5.85. The highest BCUT2D eigenvalue weighted by Crippen LogP contribution is 2.32. The molecule has 1 aliphatic rings. The van der Waals surface area contributed by atoms with E-state index in [0.717, 1.165) is 29.9 Å². The van der Waals surface area contributed by atoms with Gasteiger partial charge in [-0.1, -0.05) is 6.07 Å². The van der Waals surface area contributed by atoms with Crippen LogP contribution < -0.4 is 10.3 Å². The largest absolute Gasteiger partial charge is 0.489 e. The number of hydrogen-bond donors (Lipinski definition) is 1. The highest BCUT2D eigenvalue weighted by Gasteiger charge is 2.26. The maximum absolute atomic E-state index is 13.0. The van der Waals surface area contributed by atoms with E-state index < -0.39 is 0 Å². The quantitative estimate of drug-likeness (QED) is 0.547. The number of pyridine rings is 1. The lowest BCUT2D eigenvalue weighted by atomic mass is 9.92. The van der Waals surface area contributed by atoms with E-state index in [9.17, 15) is 9.18 Å². The first-order valence-electron chi connectivity index (χ1n) is 9.97. The Kier molecular flexibility index (Phi) is 4.64. The lowest BCUT2D eigenvalue weighted by Crippen LogP contribution is -2.41. The molecular formula is C24H22FN3O2.